The van der Waals surface area contributed by atoms with Gasteiger partial charge in [0.25, 0.3) is 5.91 Å². The van der Waals surface area contributed by atoms with E-state index in [9.17, 15) is 4.79 Å². The third-order valence-electron chi connectivity index (χ3n) is 6.04. The topological polar surface area (TPSA) is 51.9 Å². The number of hydrogen-bond donors (Lipinski definition) is 0. The molecule has 1 saturated heterocycles. The largest absolute Gasteiger partial charge is 0.466 e. The molecule has 1 amide bonds. The van der Waals surface area contributed by atoms with Gasteiger partial charge >= 0.3 is 0 Å². The van der Waals surface area contributed by atoms with E-state index in [4.69, 9.17) is 13.9 Å². The van der Waals surface area contributed by atoms with Crippen LogP contribution in [0.5, 0.6) is 5.75 Å². The van der Waals surface area contributed by atoms with Crippen LogP contribution in [-0.4, -0.2) is 29.7 Å². The highest BCUT2D eigenvalue weighted by Crippen LogP contribution is 2.39. The van der Waals surface area contributed by atoms with Crippen LogP contribution >= 0.6 is 0 Å². The third-order valence-corrected chi connectivity index (χ3v) is 6.04. The number of ether oxygens (including phenoxy) is 2. The number of nitrogens with zero attached hydrogens (tertiary/aromatic N) is 1. The summed E-state index contributed by atoms with van der Waals surface area (Å²) in [4.78, 5) is 14.7. The first-order valence-electron chi connectivity index (χ1n) is 10.4. The smallest absolute Gasteiger partial charge is 0.257 e. The van der Waals surface area contributed by atoms with Gasteiger partial charge in [0.1, 0.15) is 17.3 Å². The van der Waals surface area contributed by atoms with Crippen molar-refractivity contribution in [3.8, 4) is 16.9 Å². The molecule has 2 aromatic carbocycles. The number of likely N-dealkylation sites (tertiary alicyclic amines) is 1. The SMILES string of the molecule is Cc1cc(C(=O)N2CCC3(CC2)OCc2cc(-c4ccccc4)ccc2O3)c(C)o1. The fourth-order valence-corrected chi connectivity index (χ4v) is 4.35. The second kappa shape index (κ2) is 7.33. The number of carbonyl (C=O) groups is 1. The summed E-state index contributed by atoms with van der Waals surface area (Å²) in [5.74, 6) is 1.67. The molecule has 0 atom stereocenters. The van der Waals surface area contributed by atoms with Crippen LogP contribution in [0.2, 0.25) is 0 Å². The lowest BCUT2D eigenvalue weighted by Crippen LogP contribution is -2.52. The number of benzene rings is 2. The number of aryl methyl sites for hydroxylation is 2. The maximum absolute atomic E-state index is 12.9. The van der Waals surface area contributed by atoms with E-state index in [0.29, 0.717) is 43.9 Å². The van der Waals surface area contributed by atoms with Gasteiger partial charge in [0, 0.05) is 31.5 Å². The normalized spacial score (nSPS) is 17.5. The number of rotatable bonds is 2. The van der Waals surface area contributed by atoms with Crippen molar-refractivity contribution in [2.45, 2.75) is 39.1 Å². The highest BCUT2D eigenvalue weighted by Gasteiger charge is 2.42. The van der Waals surface area contributed by atoms with Gasteiger partial charge in [-0.25, -0.2) is 0 Å². The van der Waals surface area contributed by atoms with Crippen molar-refractivity contribution in [2.24, 2.45) is 0 Å². The molecule has 5 nitrogen and oxygen atoms in total. The zero-order valence-corrected chi connectivity index (χ0v) is 17.3. The van der Waals surface area contributed by atoms with Crippen molar-refractivity contribution >= 4 is 5.91 Å². The van der Waals surface area contributed by atoms with Crippen LogP contribution in [0.3, 0.4) is 0 Å². The van der Waals surface area contributed by atoms with Crippen LogP contribution < -0.4 is 4.74 Å². The maximum atomic E-state index is 12.9. The summed E-state index contributed by atoms with van der Waals surface area (Å²) in [7, 11) is 0. The molecule has 0 N–H and O–H groups in total. The van der Waals surface area contributed by atoms with Crippen LogP contribution in [0.4, 0.5) is 0 Å². The van der Waals surface area contributed by atoms with Gasteiger partial charge in [-0.15, -0.1) is 0 Å². The van der Waals surface area contributed by atoms with Gasteiger partial charge in [0.05, 0.1) is 12.2 Å². The predicted octanol–water partition coefficient (Wildman–Crippen LogP) is 5.10. The lowest BCUT2D eigenvalue weighted by Gasteiger charge is -2.44. The van der Waals surface area contributed by atoms with E-state index in [1.807, 2.05) is 49.1 Å². The second-order valence-electron chi connectivity index (χ2n) is 8.11. The summed E-state index contributed by atoms with van der Waals surface area (Å²) in [5.41, 5.74) is 4.04. The number of fused-ring (bicyclic) bond motifs is 1. The molecule has 0 aliphatic carbocycles. The molecule has 5 rings (SSSR count). The number of piperidine rings is 1. The van der Waals surface area contributed by atoms with E-state index in [0.717, 1.165) is 22.6 Å². The Morgan fingerprint density at radius 2 is 1.73 bits per heavy atom. The Kier molecular flexibility index (Phi) is 4.63. The standard InChI is InChI=1S/C25H25NO4/c1-17-14-22(18(2)29-17)24(27)26-12-10-25(11-13-26)28-16-21-15-20(8-9-23(21)30-25)19-6-4-3-5-7-19/h3-9,14-15H,10-13,16H2,1-2H3. The number of carbonyl (C=O) groups excluding carboxylic acids is 1. The van der Waals surface area contributed by atoms with Crippen LogP contribution in [0, 0.1) is 13.8 Å². The average Bonchev–Trinajstić information content (AvgIpc) is 3.12. The molecule has 1 spiro atoms. The van der Waals surface area contributed by atoms with Crippen molar-refractivity contribution < 1.29 is 18.7 Å². The molecule has 5 heteroatoms. The fourth-order valence-electron chi connectivity index (χ4n) is 4.35. The lowest BCUT2D eigenvalue weighted by atomic mass is 9.98. The number of amides is 1. The van der Waals surface area contributed by atoms with Crippen molar-refractivity contribution in [1.29, 1.82) is 0 Å². The van der Waals surface area contributed by atoms with E-state index in [1.165, 1.54) is 5.56 Å². The first-order valence-corrected chi connectivity index (χ1v) is 10.4. The fraction of sp³-hybridized carbons (Fsp3) is 0.320. The molecule has 0 bridgehead atoms. The molecule has 3 heterocycles. The van der Waals surface area contributed by atoms with Crippen LogP contribution in [0.1, 0.15) is 40.3 Å². The summed E-state index contributed by atoms with van der Waals surface area (Å²) in [6.45, 7) is 5.41. The Balaban J connectivity index is 1.28. The summed E-state index contributed by atoms with van der Waals surface area (Å²) >= 11 is 0. The van der Waals surface area contributed by atoms with Gasteiger partial charge in [-0.2, -0.15) is 0 Å². The molecular formula is C25H25NO4. The summed E-state index contributed by atoms with van der Waals surface area (Å²) in [6.07, 6.45) is 1.29. The molecule has 30 heavy (non-hydrogen) atoms. The summed E-state index contributed by atoms with van der Waals surface area (Å²) in [6, 6.07) is 18.4. The van der Waals surface area contributed by atoms with Crippen molar-refractivity contribution in [1.82, 2.24) is 4.90 Å². The molecule has 0 radical (unpaired) electrons. The van der Waals surface area contributed by atoms with E-state index in [-0.39, 0.29) is 5.91 Å². The summed E-state index contributed by atoms with van der Waals surface area (Å²) in [5, 5.41) is 0. The first kappa shape index (κ1) is 18.9. The molecular weight excluding hydrogens is 378 g/mol. The quantitative estimate of drug-likeness (QED) is 0.597. The van der Waals surface area contributed by atoms with Crippen molar-refractivity contribution in [2.75, 3.05) is 13.1 Å². The second-order valence-corrected chi connectivity index (χ2v) is 8.11. The minimum atomic E-state index is -0.653. The van der Waals surface area contributed by atoms with E-state index in [1.54, 1.807) is 0 Å². The highest BCUT2D eigenvalue weighted by atomic mass is 16.7. The van der Waals surface area contributed by atoms with Crippen molar-refractivity contribution in [3.05, 3.63) is 77.2 Å². The van der Waals surface area contributed by atoms with Gasteiger partial charge in [-0.1, -0.05) is 36.4 Å². The van der Waals surface area contributed by atoms with Gasteiger partial charge < -0.3 is 18.8 Å². The molecule has 0 unspecified atom stereocenters. The lowest BCUT2D eigenvalue weighted by molar-refractivity contribution is -0.225. The van der Waals surface area contributed by atoms with Crippen LogP contribution in [-0.2, 0) is 11.3 Å². The van der Waals surface area contributed by atoms with E-state index >= 15 is 0 Å². The van der Waals surface area contributed by atoms with Gasteiger partial charge in [0.2, 0.25) is 5.79 Å². The van der Waals surface area contributed by atoms with Gasteiger partial charge in [-0.05, 0) is 43.2 Å². The maximum Gasteiger partial charge on any atom is 0.257 e. The van der Waals surface area contributed by atoms with Gasteiger partial charge in [0.15, 0.2) is 0 Å². The molecule has 2 aliphatic rings. The molecule has 0 saturated carbocycles. The molecule has 1 aromatic heterocycles. The van der Waals surface area contributed by atoms with Crippen LogP contribution in [0.25, 0.3) is 11.1 Å². The molecule has 154 valence electrons. The number of furan rings is 1. The minimum absolute atomic E-state index is 0.0166. The molecule has 1 fully saturated rings. The Morgan fingerprint density at radius 3 is 2.43 bits per heavy atom. The summed E-state index contributed by atoms with van der Waals surface area (Å²) < 4.78 is 18.1. The Bertz CT molecular complexity index is 1080. The molecule has 2 aliphatic heterocycles. The first-order chi connectivity index (χ1) is 14.5. The highest BCUT2D eigenvalue weighted by molar-refractivity contribution is 5.95. The Labute approximate surface area is 176 Å². The predicted molar refractivity (Wildman–Crippen MR) is 113 cm³/mol. The zero-order chi connectivity index (χ0) is 20.7. The Hall–Kier alpha value is -3.05. The number of hydrogen-bond acceptors (Lipinski definition) is 4. The van der Waals surface area contributed by atoms with E-state index < -0.39 is 5.79 Å². The Morgan fingerprint density at radius 1 is 0.967 bits per heavy atom. The van der Waals surface area contributed by atoms with E-state index in [2.05, 4.69) is 24.3 Å². The zero-order valence-electron chi connectivity index (χ0n) is 17.3. The minimum Gasteiger partial charge on any atom is -0.466 e. The monoisotopic (exact) mass is 403 g/mol. The molecule has 3 aromatic rings. The third kappa shape index (κ3) is 3.39. The van der Waals surface area contributed by atoms with Crippen LogP contribution in [0.15, 0.2) is 59.0 Å². The average molecular weight is 403 g/mol. The van der Waals surface area contributed by atoms with Gasteiger partial charge in [-0.3, -0.25) is 4.79 Å². The van der Waals surface area contributed by atoms with Crippen molar-refractivity contribution in [3.63, 3.8) is 0 Å².